The van der Waals surface area contributed by atoms with Crippen LogP contribution in [0.15, 0.2) is 16.6 Å². The Morgan fingerprint density at radius 3 is 2.60 bits per heavy atom. The molecule has 0 fully saturated rings. The molecule has 0 spiro atoms. The Morgan fingerprint density at radius 1 is 1.30 bits per heavy atom. The Bertz CT molecular complexity index is 461. The zero-order chi connectivity index (χ0) is 15.2. The van der Waals surface area contributed by atoms with Gasteiger partial charge in [-0.15, -0.1) is 0 Å². The summed E-state index contributed by atoms with van der Waals surface area (Å²) in [5, 5.41) is 0. The van der Waals surface area contributed by atoms with E-state index in [-0.39, 0.29) is 13.2 Å². The summed E-state index contributed by atoms with van der Waals surface area (Å²) in [6.45, 7) is 0.657. The third-order valence-electron chi connectivity index (χ3n) is 2.34. The van der Waals surface area contributed by atoms with Gasteiger partial charge in [-0.05, 0) is 24.6 Å². The van der Waals surface area contributed by atoms with E-state index >= 15 is 0 Å². The number of hydrogen-bond acceptors (Lipinski definition) is 3. The second kappa shape index (κ2) is 7.64. The van der Waals surface area contributed by atoms with E-state index in [0.29, 0.717) is 24.0 Å². The van der Waals surface area contributed by atoms with Gasteiger partial charge < -0.3 is 9.47 Å². The molecule has 1 aromatic rings. The highest BCUT2D eigenvalue weighted by atomic mass is 79.9. The molecular formula is C13H14BrF3O3. The van der Waals surface area contributed by atoms with E-state index in [1.165, 1.54) is 0 Å². The molecule has 0 aromatic heterocycles. The summed E-state index contributed by atoms with van der Waals surface area (Å²) in [6, 6.07) is 3.41. The number of halogens is 4. The largest absolute Gasteiger partial charge is 0.492 e. The van der Waals surface area contributed by atoms with E-state index in [1.54, 1.807) is 19.1 Å². The first kappa shape index (κ1) is 17.0. The number of ether oxygens (including phenoxy) is 2. The Morgan fingerprint density at radius 2 is 2.00 bits per heavy atom. The number of aldehydes is 1. The normalized spacial score (nSPS) is 11.4. The second-order valence-electron chi connectivity index (χ2n) is 4.13. The quantitative estimate of drug-likeness (QED) is 0.550. The van der Waals surface area contributed by atoms with E-state index in [2.05, 4.69) is 20.7 Å². The lowest BCUT2D eigenvalue weighted by Gasteiger charge is -2.12. The average molecular weight is 355 g/mol. The number of benzene rings is 1. The van der Waals surface area contributed by atoms with Gasteiger partial charge in [-0.2, -0.15) is 13.2 Å². The first-order valence-corrected chi connectivity index (χ1v) is 6.65. The molecule has 0 aliphatic rings. The second-order valence-corrected chi connectivity index (χ2v) is 5.04. The van der Waals surface area contributed by atoms with Crippen molar-refractivity contribution in [3.05, 3.63) is 27.7 Å². The molecule has 0 radical (unpaired) electrons. The third-order valence-corrected chi connectivity index (χ3v) is 2.80. The number of alkyl halides is 3. The molecule has 0 atom stereocenters. The van der Waals surface area contributed by atoms with E-state index in [1.807, 2.05) is 0 Å². The lowest BCUT2D eigenvalue weighted by molar-refractivity contribution is -0.174. The molecule has 20 heavy (non-hydrogen) atoms. The molecule has 0 unspecified atom stereocenters. The summed E-state index contributed by atoms with van der Waals surface area (Å²) in [7, 11) is 0. The predicted molar refractivity (Wildman–Crippen MR) is 71.3 cm³/mol. The summed E-state index contributed by atoms with van der Waals surface area (Å²) >= 11 is 3.27. The first-order valence-electron chi connectivity index (χ1n) is 5.86. The van der Waals surface area contributed by atoms with E-state index < -0.39 is 12.8 Å². The fraction of sp³-hybridized carbons (Fsp3) is 0.462. The van der Waals surface area contributed by atoms with Crippen molar-refractivity contribution in [1.82, 2.24) is 0 Å². The Hall–Kier alpha value is -1.08. The van der Waals surface area contributed by atoms with Crippen LogP contribution in [0.25, 0.3) is 0 Å². The van der Waals surface area contributed by atoms with Crippen molar-refractivity contribution < 1.29 is 27.4 Å². The molecule has 0 saturated carbocycles. The highest BCUT2D eigenvalue weighted by molar-refractivity contribution is 9.10. The highest BCUT2D eigenvalue weighted by Gasteiger charge is 2.27. The maximum atomic E-state index is 11.8. The third kappa shape index (κ3) is 5.92. The zero-order valence-electron chi connectivity index (χ0n) is 10.8. The van der Waals surface area contributed by atoms with Crippen LogP contribution in [0.2, 0.25) is 0 Å². The van der Waals surface area contributed by atoms with Crippen LogP contribution in [0.5, 0.6) is 5.75 Å². The van der Waals surface area contributed by atoms with Gasteiger partial charge in [0.2, 0.25) is 0 Å². The summed E-state index contributed by atoms with van der Waals surface area (Å²) in [5.74, 6) is 0.444. The van der Waals surface area contributed by atoms with Crippen molar-refractivity contribution in [2.24, 2.45) is 0 Å². The van der Waals surface area contributed by atoms with Crippen molar-refractivity contribution in [2.75, 3.05) is 19.8 Å². The minimum absolute atomic E-state index is 0.0501. The van der Waals surface area contributed by atoms with E-state index in [9.17, 15) is 18.0 Å². The molecule has 0 aliphatic carbocycles. The van der Waals surface area contributed by atoms with Crippen LogP contribution in [0.4, 0.5) is 13.2 Å². The first-order chi connectivity index (χ1) is 9.33. The monoisotopic (exact) mass is 354 g/mol. The van der Waals surface area contributed by atoms with Crippen LogP contribution in [-0.2, 0) is 4.74 Å². The van der Waals surface area contributed by atoms with E-state index in [0.717, 1.165) is 10.0 Å². The molecular weight excluding hydrogens is 341 g/mol. The maximum absolute atomic E-state index is 11.8. The number of hydrogen-bond donors (Lipinski definition) is 0. The summed E-state index contributed by atoms with van der Waals surface area (Å²) in [5.41, 5.74) is 1.17. The summed E-state index contributed by atoms with van der Waals surface area (Å²) in [6.07, 6.45) is -3.33. The van der Waals surface area contributed by atoms with Gasteiger partial charge in [0.1, 0.15) is 12.4 Å². The SMILES string of the molecule is Cc1cc(Br)cc(C=O)c1OCCCOCC(F)(F)F. The summed E-state index contributed by atoms with van der Waals surface area (Å²) < 4.78 is 46.1. The van der Waals surface area contributed by atoms with Gasteiger partial charge in [0.15, 0.2) is 6.29 Å². The predicted octanol–water partition coefficient (Wildman–Crippen LogP) is 3.92. The lowest BCUT2D eigenvalue weighted by Crippen LogP contribution is -2.18. The number of carbonyl (C=O) groups is 1. The molecule has 1 aromatic carbocycles. The zero-order valence-corrected chi connectivity index (χ0v) is 12.4. The molecule has 0 saturated heterocycles. The van der Waals surface area contributed by atoms with Gasteiger partial charge in [0.25, 0.3) is 0 Å². The molecule has 0 aliphatic heterocycles. The minimum Gasteiger partial charge on any atom is -0.492 e. The standard InChI is InChI=1S/C13H14BrF3O3/c1-9-5-11(14)6-10(7-18)12(9)20-4-2-3-19-8-13(15,16)17/h5-7H,2-4,8H2,1H3. The highest BCUT2D eigenvalue weighted by Crippen LogP contribution is 2.27. The molecule has 0 amide bonds. The smallest absolute Gasteiger partial charge is 0.411 e. The van der Waals surface area contributed by atoms with Crippen molar-refractivity contribution >= 4 is 22.2 Å². The Kier molecular flexibility index (Phi) is 6.48. The number of aryl methyl sites for hydroxylation is 1. The van der Waals surface area contributed by atoms with Crippen LogP contribution in [0.3, 0.4) is 0 Å². The van der Waals surface area contributed by atoms with E-state index in [4.69, 9.17) is 4.74 Å². The van der Waals surface area contributed by atoms with Gasteiger partial charge in [-0.3, -0.25) is 4.79 Å². The molecule has 7 heteroatoms. The molecule has 3 nitrogen and oxygen atoms in total. The van der Waals surface area contributed by atoms with Crippen molar-refractivity contribution in [2.45, 2.75) is 19.5 Å². The van der Waals surface area contributed by atoms with Crippen molar-refractivity contribution in [3.8, 4) is 5.75 Å². The summed E-state index contributed by atoms with van der Waals surface area (Å²) in [4.78, 5) is 10.9. The lowest BCUT2D eigenvalue weighted by atomic mass is 10.1. The van der Waals surface area contributed by atoms with Crippen LogP contribution in [0.1, 0.15) is 22.3 Å². The molecule has 0 heterocycles. The fourth-order valence-electron chi connectivity index (χ4n) is 1.56. The van der Waals surface area contributed by atoms with Crippen molar-refractivity contribution in [3.63, 3.8) is 0 Å². The van der Waals surface area contributed by atoms with Crippen LogP contribution >= 0.6 is 15.9 Å². The molecule has 0 bridgehead atoms. The number of rotatable bonds is 7. The van der Waals surface area contributed by atoms with Crippen LogP contribution < -0.4 is 4.74 Å². The molecule has 1 rings (SSSR count). The topological polar surface area (TPSA) is 35.5 Å². The Labute approximate surface area is 123 Å². The van der Waals surface area contributed by atoms with Gasteiger partial charge >= 0.3 is 6.18 Å². The van der Waals surface area contributed by atoms with Gasteiger partial charge in [-0.1, -0.05) is 15.9 Å². The van der Waals surface area contributed by atoms with Gasteiger partial charge in [-0.25, -0.2) is 0 Å². The van der Waals surface area contributed by atoms with Crippen molar-refractivity contribution in [1.29, 1.82) is 0 Å². The Balaban J connectivity index is 2.41. The number of carbonyl (C=O) groups excluding carboxylic acids is 1. The van der Waals surface area contributed by atoms with Gasteiger partial charge in [0, 0.05) is 10.9 Å². The molecule has 0 N–H and O–H groups in total. The van der Waals surface area contributed by atoms with Crippen LogP contribution in [-0.4, -0.2) is 32.3 Å². The minimum atomic E-state index is -4.31. The fourth-order valence-corrected chi connectivity index (χ4v) is 2.15. The van der Waals surface area contributed by atoms with Gasteiger partial charge in [0.05, 0.1) is 18.8 Å². The molecule has 112 valence electrons. The van der Waals surface area contributed by atoms with Crippen LogP contribution in [0, 0.1) is 6.92 Å². The average Bonchev–Trinajstić information content (AvgIpc) is 2.33. The maximum Gasteiger partial charge on any atom is 0.411 e.